The molecule has 0 atom stereocenters. The third-order valence-corrected chi connectivity index (χ3v) is 1.71. The number of hydrogen-bond donors (Lipinski definition) is 1. The van der Waals surface area contributed by atoms with Crippen LogP contribution in [0.25, 0.3) is 0 Å². The zero-order chi connectivity index (χ0) is 11.0. The van der Waals surface area contributed by atoms with E-state index in [2.05, 4.69) is 0 Å². The summed E-state index contributed by atoms with van der Waals surface area (Å²) in [6.07, 6.45) is 4.14. The SMILES string of the molecule is CC(C)(C)OC(=O)CCCCCCO. The van der Waals surface area contributed by atoms with Crippen molar-refractivity contribution in [3.8, 4) is 0 Å². The summed E-state index contributed by atoms with van der Waals surface area (Å²) in [5, 5.41) is 8.54. The molecule has 0 saturated heterocycles. The second-order valence-corrected chi connectivity index (χ2v) is 4.47. The Hall–Kier alpha value is -0.570. The molecule has 3 heteroatoms. The topological polar surface area (TPSA) is 46.5 Å². The molecular formula is C11H22O3. The first-order valence-corrected chi connectivity index (χ1v) is 5.28. The van der Waals surface area contributed by atoms with Gasteiger partial charge in [0.05, 0.1) is 0 Å². The Bertz CT molecular complexity index is 158. The van der Waals surface area contributed by atoms with Gasteiger partial charge in [-0.3, -0.25) is 4.79 Å². The zero-order valence-corrected chi connectivity index (χ0v) is 9.51. The molecule has 84 valence electrons. The Morgan fingerprint density at radius 1 is 1.14 bits per heavy atom. The summed E-state index contributed by atoms with van der Waals surface area (Å²) in [6.45, 7) is 5.86. The van der Waals surface area contributed by atoms with Gasteiger partial charge in [0.2, 0.25) is 0 Å². The summed E-state index contributed by atoms with van der Waals surface area (Å²) in [5.74, 6) is -0.124. The van der Waals surface area contributed by atoms with Gasteiger partial charge in [0.25, 0.3) is 0 Å². The van der Waals surface area contributed by atoms with Crippen molar-refractivity contribution >= 4 is 5.97 Å². The van der Waals surface area contributed by atoms with Crippen molar-refractivity contribution in [2.75, 3.05) is 6.61 Å². The van der Waals surface area contributed by atoms with Crippen molar-refractivity contribution in [2.45, 2.75) is 58.5 Å². The molecule has 0 amide bonds. The number of carbonyl (C=O) groups is 1. The highest BCUT2D eigenvalue weighted by molar-refractivity contribution is 5.69. The summed E-state index contributed by atoms with van der Waals surface area (Å²) in [4.78, 5) is 11.2. The Morgan fingerprint density at radius 3 is 2.21 bits per heavy atom. The molecule has 0 aromatic heterocycles. The number of aliphatic hydroxyl groups is 1. The standard InChI is InChI=1S/C11H22O3/c1-11(2,3)14-10(13)8-6-4-5-7-9-12/h12H,4-9H2,1-3H3. The van der Waals surface area contributed by atoms with Crippen LogP contribution < -0.4 is 0 Å². The van der Waals surface area contributed by atoms with Crippen LogP contribution >= 0.6 is 0 Å². The van der Waals surface area contributed by atoms with Crippen molar-refractivity contribution in [3.63, 3.8) is 0 Å². The lowest BCUT2D eigenvalue weighted by molar-refractivity contribution is -0.154. The van der Waals surface area contributed by atoms with Crippen LogP contribution in [0.5, 0.6) is 0 Å². The Kier molecular flexibility index (Phi) is 6.54. The van der Waals surface area contributed by atoms with Crippen LogP contribution in [-0.2, 0) is 9.53 Å². The van der Waals surface area contributed by atoms with Crippen molar-refractivity contribution in [2.24, 2.45) is 0 Å². The van der Waals surface area contributed by atoms with Crippen LogP contribution in [0.2, 0.25) is 0 Å². The molecule has 0 aliphatic carbocycles. The van der Waals surface area contributed by atoms with Gasteiger partial charge in [0.1, 0.15) is 5.60 Å². The molecule has 0 bridgehead atoms. The van der Waals surface area contributed by atoms with E-state index in [1.54, 1.807) is 0 Å². The Balaban J connectivity index is 3.36. The van der Waals surface area contributed by atoms with E-state index in [1.807, 2.05) is 20.8 Å². The molecule has 0 rings (SSSR count). The Labute approximate surface area is 86.5 Å². The third-order valence-electron chi connectivity index (χ3n) is 1.71. The second kappa shape index (κ2) is 6.82. The zero-order valence-electron chi connectivity index (χ0n) is 9.51. The lowest BCUT2D eigenvalue weighted by Crippen LogP contribution is -2.23. The van der Waals surface area contributed by atoms with Gasteiger partial charge in [-0.25, -0.2) is 0 Å². The molecule has 0 unspecified atom stereocenters. The molecule has 0 spiro atoms. The van der Waals surface area contributed by atoms with Crippen LogP contribution in [-0.4, -0.2) is 23.3 Å². The first-order valence-electron chi connectivity index (χ1n) is 5.28. The van der Waals surface area contributed by atoms with Gasteiger partial charge in [-0.15, -0.1) is 0 Å². The molecule has 0 heterocycles. The summed E-state index contributed by atoms with van der Waals surface area (Å²) in [7, 11) is 0. The molecule has 0 aromatic rings. The minimum atomic E-state index is -0.373. The second-order valence-electron chi connectivity index (χ2n) is 4.47. The van der Waals surface area contributed by atoms with Crippen LogP contribution in [0, 0.1) is 0 Å². The normalized spacial score (nSPS) is 11.4. The lowest BCUT2D eigenvalue weighted by Gasteiger charge is -2.19. The van der Waals surface area contributed by atoms with Gasteiger partial charge in [0.15, 0.2) is 0 Å². The number of hydrogen-bond acceptors (Lipinski definition) is 3. The smallest absolute Gasteiger partial charge is 0.306 e. The highest BCUT2D eigenvalue weighted by Gasteiger charge is 2.15. The molecular weight excluding hydrogens is 180 g/mol. The Morgan fingerprint density at radius 2 is 1.71 bits per heavy atom. The number of unbranched alkanes of at least 4 members (excludes halogenated alkanes) is 3. The number of carbonyl (C=O) groups excluding carboxylic acids is 1. The van der Waals surface area contributed by atoms with Gasteiger partial charge >= 0.3 is 5.97 Å². The largest absolute Gasteiger partial charge is 0.460 e. The van der Waals surface area contributed by atoms with Gasteiger partial charge in [-0.1, -0.05) is 12.8 Å². The van der Waals surface area contributed by atoms with Gasteiger partial charge in [0, 0.05) is 13.0 Å². The minimum Gasteiger partial charge on any atom is -0.460 e. The summed E-state index contributed by atoms with van der Waals surface area (Å²) >= 11 is 0. The minimum absolute atomic E-state index is 0.124. The van der Waals surface area contributed by atoms with E-state index in [0.29, 0.717) is 6.42 Å². The van der Waals surface area contributed by atoms with E-state index < -0.39 is 0 Å². The maximum absolute atomic E-state index is 11.2. The van der Waals surface area contributed by atoms with E-state index in [-0.39, 0.29) is 18.2 Å². The summed E-state index contributed by atoms with van der Waals surface area (Å²) in [6, 6.07) is 0. The first-order chi connectivity index (χ1) is 6.45. The van der Waals surface area contributed by atoms with Crippen molar-refractivity contribution in [1.29, 1.82) is 0 Å². The van der Waals surface area contributed by atoms with Crippen molar-refractivity contribution < 1.29 is 14.6 Å². The number of rotatable bonds is 6. The molecule has 0 radical (unpaired) electrons. The van der Waals surface area contributed by atoms with Crippen LogP contribution in [0.3, 0.4) is 0 Å². The third kappa shape index (κ3) is 9.52. The first kappa shape index (κ1) is 13.4. The number of ether oxygens (including phenoxy) is 1. The molecule has 0 saturated carbocycles. The highest BCUT2D eigenvalue weighted by atomic mass is 16.6. The quantitative estimate of drug-likeness (QED) is 0.531. The van der Waals surface area contributed by atoms with Gasteiger partial charge in [-0.05, 0) is 33.6 Å². The van der Waals surface area contributed by atoms with E-state index in [0.717, 1.165) is 25.7 Å². The van der Waals surface area contributed by atoms with Crippen LogP contribution in [0.4, 0.5) is 0 Å². The molecule has 1 N–H and O–H groups in total. The molecule has 3 nitrogen and oxygen atoms in total. The summed E-state index contributed by atoms with van der Waals surface area (Å²) in [5.41, 5.74) is -0.373. The molecule has 0 fully saturated rings. The fourth-order valence-electron chi connectivity index (χ4n) is 1.13. The molecule has 0 aliphatic rings. The highest BCUT2D eigenvalue weighted by Crippen LogP contribution is 2.10. The molecule has 0 aliphatic heterocycles. The maximum atomic E-state index is 11.2. The van der Waals surface area contributed by atoms with Gasteiger partial charge in [-0.2, -0.15) is 0 Å². The van der Waals surface area contributed by atoms with Crippen LogP contribution in [0.1, 0.15) is 52.9 Å². The molecule has 14 heavy (non-hydrogen) atoms. The average Bonchev–Trinajstić information content (AvgIpc) is 2.00. The number of esters is 1. The van der Waals surface area contributed by atoms with Crippen molar-refractivity contribution in [1.82, 2.24) is 0 Å². The fourth-order valence-corrected chi connectivity index (χ4v) is 1.13. The lowest BCUT2D eigenvalue weighted by atomic mass is 10.1. The monoisotopic (exact) mass is 202 g/mol. The van der Waals surface area contributed by atoms with E-state index in [4.69, 9.17) is 9.84 Å². The predicted molar refractivity (Wildman–Crippen MR) is 56.0 cm³/mol. The summed E-state index contributed by atoms with van der Waals surface area (Å²) < 4.78 is 5.16. The van der Waals surface area contributed by atoms with E-state index in [9.17, 15) is 4.79 Å². The van der Waals surface area contributed by atoms with Gasteiger partial charge < -0.3 is 9.84 Å². The number of aliphatic hydroxyl groups excluding tert-OH is 1. The fraction of sp³-hybridized carbons (Fsp3) is 0.909. The predicted octanol–water partition coefficient (Wildman–Crippen LogP) is 2.27. The van der Waals surface area contributed by atoms with E-state index >= 15 is 0 Å². The molecule has 0 aromatic carbocycles. The van der Waals surface area contributed by atoms with Crippen molar-refractivity contribution in [3.05, 3.63) is 0 Å². The van der Waals surface area contributed by atoms with Crippen LogP contribution in [0.15, 0.2) is 0 Å². The van der Waals surface area contributed by atoms with E-state index in [1.165, 1.54) is 0 Å². The average molecular weight is 202 g/mol. The maximum Gasteiger partial charge on any atom is 0.306 e.